The predicted molar refractivity (Wildman–Crippen MR) is 83.1 cm³/mol. The second-order valence-electron chi connectivity index (χ2n) is 5.54. The minimum absolute atomic E-state index is 0.00926. The van der Waals surface area contributed by atoms with Gasteiger partial charge in [-0.3, -0.25) is 9.59 Å². The van der Waals surface area contributed by atoms with E-state index in [1.54, 1.807) is 19.9 Å². The van der Waals surface area contributed by atoms with Crippen molar-refractivity contribution >= 4 is 11.7 Å². The van der Waals surface area contributed by atoms with Crippen LogP contribution in [0.2, 0.25) is 0 Å². The number of amides is 1. The largest absolute Gasteiger partial charge is 0.369 e. The number of rotatable bonds is 5. The third kappa shape index (κ3) is 9.00. The second kappa shape index (κ2) is 9.82. The maximum atomic E-state index is 13.2. The van der Waals surface area contributed by atoms with Gasteiger partial charge in [-0.2, -0.15) is 0 Å². The highest BCUT2D eigenvalue weighted by Crippen LogP contribution is 2.10. The Hall–Kier alpha value is -2.04. The van der Waals surface area contributed by atoms with Crippen LogP contribution in [-0.4, -0.2) is 11.7 Å². The zero-order chi connectivity index (χ0) is 17.3. The van der Waals surface area contributed by atoms with E-state index in [1.165, 1.54) is 12.1 Å². The van der Waals surface area contributed by atoms with E-state index in [0.717, 1.165) is 12.1 Å². The molecule has 1 aromatic rings. The molecule has 0 bridgehead atoms. The van der Waals surface area contributed by atoms with Crippen LogP contribution in [0.4, 0.5) is 8.78 Å². The van der Waals surface area contributed by atoms with Crippen LogP contribution >= 0.6 is 0 Å². The lowest BCUT2D eigenvalue weighted by molar-refractivity contribution is -0.120. The molecule has 1 rings (SSSR count). The molecule has 0 spiro atoms. The summed E-state index contributed by atoms with van der Waals surface area (Å²) in [6, 6.07) is 3.23. The molecule has 0 aliphatic carbocycles. The first-order valence-electron chi connectivity index (χ1n) is 7.07. The summed E-state index contributed by atoms with van der Waals surface area (Å²) in [4.78, 5) is 21.3. The molecular formula is C17H23F2NO2. The van der Waals surface area contributed by atoms with Crippen molar-refractivity contribution in [3.05, 3.63) is 47.5 Å². The average Bonchev–Trinajstić information content (AvgIpc) is 2.40. The molecule has 0 saturated carbocycles. The number of hydrogen-bond donors (Lipinski definition) is 1. The number of primary amides is 1. The van der Waals surface area contributed by atoms with Crippen molar-refractivity contribution in [2.75, 3.05) is 0 Å². The highest BCUT2D eigenvalue weighted by molar-refractivity contribution is 5.91. The molecule has 22 heavy (non-hydrogen) atoms. The van der Waals surface area contributed by atoms with E-state index >= 15 is 0 Å². The van der Waals surface area contributed by atoms with Gasteiger partial charge >= 0.3 is 0 Å². The summed E-state index contributed by atoms with van der Waals surface area (Å²) >= 11 is 0. The lowest BCUT2D eigenvalue weighted by atomic mass is 10.1. The highest BCUT2D eigenvalue weighted by atomic mass is 19.1. The first-order chi connectivity index (χ1) is 10.1. The van der Waals surface area contributed by atoms with Gasteiger partial charge in [-0.15, -0.1) is 0 Å². The summed E-state index contributed by atoms with van der Waals surface area (Å²) in [5.41, 5.74) is 5.02. The molecule has 1 aromatic carbocycles. The topological polar surface area (TPSA) is 60.2 Å². The van der Waals surface area contributed by atoms with Crippen molar-refractivity contribution in [2.24, 2.45) is 17.6 Å². The van der Waals surface area contributed by atoms with Gasteiger partial charge in [0.05, 0.1) is 0 Å². The molecule has 3 nitrogen and oxygen atoms in total. The molecule has 0 unspecified atom stereocenters. The molecule has 0 radical (unpaired) electrons. The normalized spacial score (nSPS) is 10.7. The first-order valence-corrected chi connectivity index (χ1v) is 7.07. The molecule has 0 heterocycles. The van der Waals surface area contributed by atoms with Crippen molar-refractivity contribution in [3.63, 3.8) is 0 Å². The Labute approximate surface area is 130 Å². The Bertz CT molecular complexity index is 537. The van der Waals surface area contributed by atoms with Crippen LogP contribution in [-0.2, 0) is 16.0 Å². The number of halogens is 2. The fourth-order valence-corrected chi connectivity index (χ4v) is 1.21. The maximum Gasteiger partial charge on any atom is 0.219 e. The van der Waals surface area contributed by atoms with Crippen LogP contribution in [0.3, 0.4) is 0 Å². The summed E-state index contributed by atoms with van der Waals surface area (Å²) in [7, 11) is 0. The number of carbonyl (C=O) groups is 2. The van der Waals surface area contributed by atoms with Crippen molar-refractivity contribution < 1.29 is 18.4 Å². The predicted octanol–water partition coefficient (Wildman–Crippen LogP) is 3.42. The molecule has 2 N–H and O–H groups in total. The molecule has 0 fully saturated rings. The van der Waals surface area contributed by atoms with Crippen molar-refractivity contribution in [1.29, 1.82) is 0 Å². The minimum atomic E-state index is -0.675. The third-order valence-corrected chi connectivity index (χ3v) is 2.62. The molecular weight excluding hydrogens is 288 g/mol. The lowest BCUT2D eigenvalue weighted by Crippen LogP contribution is -2.17. The van der Waals surface area contributed by atoms with E-state index in [0.29, 0.717) is 0 Å². The van der Waals surface area contributed by atoms with Crippen molar-refractivity contribution in [2.45, 2.75) is 34.1 Å². The number of carbonyl (C=O) groups excluding carboxylic acids is 2. The summed E-state index contributed by atoms with van der Waals surface area (Å²) in [5.74, 6) is -1.46. The second-order valence-corrected chi connectivity index (χ2v) is 5.54. The lowest BCUT2D eigenvalue weighted by Gasteiger charge is -2.00. The van der Waals surface area contributed by atoms with Gasteiger partial charge in [0.2, 0.25) is 5.91 Å². The van der Waals surface area contributed by atoms with E-state index in [2.05, 4.69) is 0 Å². The monoisotopic (exact) mass is 311 g/mol. The van der Waals surface area contributed by atoms with Gasteiger partial charge in [0, 0.05) is 18.4 Å². The van der Waals surface area contributed by atoms with Crippen LogP contribution in [0, 0.1) is 23.5 Å². The number of ketones is 1. The number of nitrogens with two attached hydrogens (primary N) is 1. The average molecular weight is 311 g/mol. The zero-order valence-corrected chi connectivity index (χ0v) is 13.4. The molecule has 5 heteroatoms. The van der Waals surface area contributed by atoms with Gasteiger partial charge in [-0.05, 0) is 23.6 Å². The Balaban J connectivity index is 0.000000626. The Morgan fingerprint density at radius 1 is 1.18 bits per heavy atom. The minimum Gasteiger partial charge on any atom is -0.369 e. The van der Waals surface area contributed by atoms with E-state index in [1.807, 2.05) is 13.8 Å². The number of hydrogen-bond acceptors (Lipinski definition) is 2. The van der Waals surface area contributed by atoms with Crippen LogP contribution in [0.15, 0.2) is 30.4 Å². The summed E-state index contributed by atoms with van der Waals surface area (Å²) in [6.07, 6.45) is 3.16. The SMILES string of the molecule is CC(C)/C=C/C(=O)Cc1ccc(F)cc1F.CC(C)C(N)=O. The zero-order valence-electron chi connectivity index (χ0n) is 13.4. The van der Waals surface area contributed by atoms with E-state index in [9.17, 15) is 18.4 Å². The summed E-state index contributed by atoms with van der Waals surface area (Å²) in [6.45, 7) is 7.43. The number of benzene rings is 1. The van der Waals surface area contributed by atoms with E-state index in [4.69, 9.17) is 5.73 Å². The Morgan fingerprint density at radius 2 is 1.73 bits per heavy atom. The molecule has 0 saturated heterocycles. The van der Waals surface area contributed by atoms with Gasteiger partial charge in [-0.1, -0.05) is 39.8 Å². The summed E-state index contributed by atoms with van der Waals surface area (Å²) in [5, 5.41) is 0. The van der Waals surface area contributed by atoms with Crippen LogP contribution < -0.4 is 5.73 Å². The molecule has 1 amide bonds. The van der Waals surface area contributed by atoms with Crippen molar-refractivity contribution in [1.82, 2.24) is 0 Å². The third-order valence-electron chi connectivity index (χ3n) is 2.62. The maximum absolute atomic E-state index is 13.2. The number of allylic oxidation sites excluding steroid dienone is 2. The molecule has 0 aliphatic rings. The van der Waals surface area contributed by atoms with Gasteiger partial charge in [0.15, 0.2) is 5.78 Å². The summed E-state index contributed by atoms with van der Waals surface area (Å²) < 4.78 is 25.8. The molecule has 0 aromatic heterocycles. The molecule has 0 atom stereocenters. The van der Waals surface area contributed by atoms with E-state index in [-0.39, 0.29) is 35.5 Å². The first kappa shape index (κ1) is 20.0. The van der Waals surface area contributed by atoms with E-state index < -0.39 is 11.6 Å². The highest BCUT2D eigenvalue weighted by Gasteiger charge is 2.07. The van der Waals surface area contributed by atoms with Crippen LogP contribution in [0.5, 0.6) is 0 Å². The van der Waals surface area contributed by atoms with Crippen molar-refractivity contribution in [3.8, 4) is 0 Å². The van der Waals surface area contributed by atoms with Gasteiger partial charge in [0.1, 0.15) is 11.6 Å². The quantitative estimate of drug-likeness (QED) is 0.847. The smallest absolute Gasteiger partial charge is 0.219 e. The van der Waals surface area contributed by atoms with Gasteiger partial charge < -0.3 is 5.73 Å². The fraction of sp³-hybridized carbons (Fsp3) is 0.412. The van der Waals surface area contributed by atoms with Crippen LogP contribution in [0.1, 0.15) is 33.3 Å². The Kier molecular flexibility index (Phi) is 8.91. The standard InChI is InChI=1S/C13H14F2O.C4H9NO/c1-9(2)3-6-12(16)7-10-4-5-11(14)8-13(10)15;1-3(2)4(5)6/h3-6,8-9H,7H2,1-2H3;3H,1-2H3,(H2,5,6)/b6-3+;. The Morgan fingerprint density at radius 3 is 2.14 bits per heavy atom. The van der Waals surface area contributed by atoms with Crippen LogP contribution in [0.25, 0.3) is 0 Å². The fourth-order valence-electron chi connectivity index (χ4n) is 1.21. The van der Waals surface area contributed by atoms with Gasteiger partial charge in [0.25, 0.3) is 0 Å². The molecule has 122 valence electrons. The van der Waals surface area contributed by atoms with Gasteiger partial charge in [-0.25, -0.2) is 8.78 Å². The molecule has 0 aliphatic heterocycles.